The molecule has 0 saturated carbocycles. The maximum absolute atomic E-state index is 13.2. The van der Waals surface area contributed by atoms with E-state index in [-0.39, 0.29) is 15.7 Å². The van der Waals surface area contributed by atoms with Crippen molar-refractivity contribution in [1.82, 2.24) is 9.78 Å². The van der Waals surface area contributed by atoms with E-state index in [0.29, 0.717) is 0 Å². The Morgan fingerprint density at radius 1 is 1.35 bits per heavy atom. The maximum atomic E-state index is 13.2. The zero-order chi connectivity index (χ0) is 12.6. The Bertz CT molecular complexity index is 575. The van der Waals surface area contributed by atoms with Gasteiger partial charge in [-0.15, -0.1) is 0 Å². The molecule has 0 aliphatic carbocycles. The van der Waals surface area contributed by atoms with Crippen molar-refractivity contribution in [2.75, 3.05) is 0 Å². The van der Waals surface area contributed by atoms with E-state index in [1.165, 1.54) is 6.20 Å². The van der Waals surface area contributed by atoms with E-state index in [9.17, 15) is 13.6 Å². The second-order valence-electron chi connectivity index (χ2n) is 3.20. The molecule has 1 aromatic heterocycles. The number of aromatic nitrogens is 2. The zero-order valence-electron chi connectivity index (χ0n) is 8.19. The Labute approximate surface area is 103 Å². The Morgan fingerprint density at radius 3 is 2.41 bits per heavy atom. The van der Waals surface area contributed by atoms with Gasteiger partial charge in [-0.1, -0.05) is 0 Å². The lowest BCUT2D eigenvalue weighted by atomic mass is 10.3. The van der Waals surface area contributed by atoms with E-state index in [2.05, 4.69) is 21.0 Å². The Kier molecular flexibility index (Phi) is 2.93. The van der Waals surface area contributed by atoms with Crippen LogP contribution in [0, 0.1) is 11.6 Å². The van der Waals surface area contributed by atoms with Gasteiger partial charge in [0, 0.05) is 18.3 Å². The molecule has 2 aromatic rings. The van der Waals surface area contributed by atoms with Gasteiger partial charge in [-0.25, -0.2) is 18.3 Å². The maximum Gasteiger partial charge on any atom is 0.338 e. The van der Waals surface area contributed by atoms with Crippen molar-refractivity contribution in [1.29, 1.82) is 0 Å². The summed E-state index contributed by atoms with van der Waals surface area (Å²) in [5, 5.41) is 12.4. The van der Waals surface area contributed by atoms with Gasteiger partial charge in [0.15, 0.2) is 0 Å². The third kappa shape index (κ3) is 2.19. The highest BCUT2D eigenvalue weighted by Crippen LogP contribution is 2.22. The molecule has 0 fully saturated rings. The average molecular weight is 303 g/mol. The molecule has 17 heavy (non-hydrogen) atoms. The minimum Gasteiger partial charge on any atom is -0.478 e. The minimum atomic E-state index is -1.16. The average Bonchev–Trinajstić information content (AvgIpc) is 2.74. The largest absolute Gasteiger partial charge is 0.478 e. The van der Waals surface area contributed by atoms with Gasteiger partial charge in [-0.3, -0.25) is 0 Å². The lowest BCUT2D eigenvalue weighted by molar-refractivity contribution is 0.0697. The third-order valence-corrected chi connectivity index (χ3v) is 2.82. The van der Waals surface area contributed by atoms with Crippen molar-refractivity contribution >= 4 is 21.9 Å². The quantitative estimate of drug-likeness (QED) is 0.868. The number of aromatic carboxylic acids is 1. The molecule has 0 saturated heterocycles. The highest BCUT2D eigenvalue weighted by Gasteiger charge is 2.12. The summed E-state index contributed by atoms with van der Waals surface area (Å²) < 4.78 is 27.3. The molecular formula is C10H5BrF2N2O2. The first kappa shape index (κ1) is 11.7. The first-order valence-electron chi connectivity index (χ1n) is 4.42. The first-order valence-corrected chi connectivity index (χ1v) is 5.21. The lowest BCUT2D eigenvalue weighted by Gasteiger charge is -2.03. The van der Waals surface area contributed by atoms with Gasteiger partial charge >= 0.3 is 5.97 Å². The van der Waals surface area contributed by atoms with Crippen molar-refractivity contribution in [3.05, 3.63) is 46.2 Å². The van der Waals surface area contributed by atoms with Crippen LogP contribution >= 0.6 is 15.9 Å². The number of carboxylic acid groups (broad SMARTS) is 1. The summed E-state index contributed by atoms with van der Waals surface area (Å²) in [6.07, 6.45) is 2.27. The van der Waals surface area contributed by atoms with Crippen LogP contribution in [-0.4, -0.2) is 20.9 Å². The van der Waals surface area contributed by atoms with Crippen LogP contribution in [0.2, 0.25) is 0 Å². The number of nitrogens with zero attached hydrogens (tertiary/aromatic N) is 2. The second-order valence-corrected chi connectivity index (χ2v) is 4.00. The van der Waals surface area contributed by atoms with Crippen LogP contribution in [0.4, 0.5) is 8.78 Å². The van der Waals surface area contributed by atoms with Crippen molar-refractivity contribution in [2.45, 2.75) is 0 Å². The smallest absolute Gasteiger partial charge is 0.338 e. The number of benzene rings is 1. The highest BCUT2D eigenvalue weighted by molar-refractivity contribution is 9.10. The fourth-order valence-corrected chi connectivity index (χ4v) is 1.48. The Balaban J connectivity index is 2.49. The van der Waals surface area contributed by atoms with E-state index >= 15 is 0 Å². The van der Waals surface area contributed by atoms with E-state index in [0.717, 1.165) is 23.0 Å². The zero-order valence-corrected chi connectivity index (χ0v) is 9.78. The SMILES string of the molecule is O=C(O)c1cnn(-c2cc(F)c(Br)c(F)c2)c1. The van der Waals surface area contributed by atoms with Gasteiger partial charge in [0.2, 0.25) is 0 Å². The molecule has 0 radical (unpaired) electrons. The van der Waals surface area contributed by atoms with Crippen LogP contribution in [0.25, 0.3) is 5.69 Å². The number of carboxylic acids is 1. The summed E-state index contributed by atoms with van der Waals surface area (Å²) in [7, 11) is 0. The standard InChI is InChI=1S/C10H5BrF2N2O2/c11-9-7(12)1-6(2-8(9)13)15-4-5(3-14-15)10(16)17/h1-4H,(H,16,17). The van der Waals surface area contributed by atoms with Gasteiger partial charge in [0.1, 0.15) is 11.6 Å². The van der Waals surface area contributed by atoms with E-state index in [1.54, 1.807) is 0 Å². The predicted octanol–water partition coefficient (Wildman–Crippen LogP) is 2.61. The Morgan fingerprint density at radius 2 is 1.94 bits per heavy atom. The normalized spacial score (nSPS) is 10.5. The third-order valence-electron chi connectivity index (χ3n) is 2.06. The van der Waals surface area contributed by atoms with Crippen LogP contribution in [-0.2, 0) is 0 Å². The van der Waals surface area contributed by atoms with Crippen molar-refractivity contribution in [3.63, 3.8) is 0 Å². The van der Waals surface area contributed by atoms with Gasteiger partial charge < -0.3 is 5.11 Å². The van der Waals surface area contributed by atoms with Crippen LogP contribution in [0.3, 0.4) is 0 Å². The number of halogens is 3. The number of carbonyl (C=O) groups is 1. The molecule has 7 heteroatoms. The summed E-state index contributed by atoms with van der Waals surface area (Å²) in [5.74, 6) is -2.73. The van der Waals surface area contributed by atoms with Crippen molar-refractivity contribution in [3.8, 4) is 5.69 Å². The van der Waals surface area contributed by atoms with Crippen molar-refractivity contribution in [2.24, 2.45) is 0 Å². The monoisotopic (exact) mass is 302 g/mol. The van der Waals surface area contributed by atoms with E-state index in [4.69, 9.17) is 5.11 Å². The predicted molar refractivity (Wildman–Crippen MR) is 58.1 cm³/mol. The van der Waals surface area contributed by atoms with Crippen LogP contribution in [0.1, 0.15) is 10.4 Å². The summed E-state index contributed by atoms with van der Waals surface area (Å²) in [6.45, 7) is 0. The molecule has 4 nitrogen and oxygen atoms in total. The van der Waals surface area contributed by atoms with Crippen LogP contribution in [0.15, 0.2) is 29.0 Å². The fourth-order valence-electron chi connectivity index (χ4n) is 1.25. The summed E-state index contributed by atoms with van der Waals surface area (Å²) in [6, 6.07) is 2.09. The molecule has 0 aliphatic heterocycles. The molecule has 0 unspecified atom stereocenters. The van der Waals surface area contributed by atoms with E-state index in [1.807, 2.05) is 0 Å². The number of rotatable bonds is 2. The van der Waals surface area contributed by atoms with Gasteiger partial charge in [0.05, 0.1) is 21.9 Å². The molecule has 0 bridgehead atoms. The van der Waals surface area contributed by atoms with Gasteiger partial charge in [-0.2, -0.15) is 5.10 Å². The molecular weight excluding hydrogens is 298 g/mol. The molecule has 0 atom stereocenters. The molecule has 2 rings (SSSR count). The highest BCUT2D eigenvalue weighted by atomic mass is 79.9. The topological polar surface area (TPSA) is 55.1 Å². The van der Waals surface area contributed by atoms with Gasteiger partial charge in [-0.05, 0) is 15.9 Å². The Hall–Kier alpha value is -1.76. The minimum absolute atomic E-state index is 0.0614. The molecule has 1 aromatic carbocycles. The van der Waals surface area contributed by atoms with Crippen molar-refractivity contribution < 1.29 is 18.7 Å². The lowest BCUT2D eigenvalue weighted by Crippen LogP contribution is -1.98. The van der Waals surface area contributed by atoms with E-state index < -0.39 is 17.6 Å². The van der Waals surface area contributed by atoms with Gasteiger partial charge in [0.25, 0.3) is 0 Å². The molecule has 1 N–H and O–H groups in total. The summed E-state index contributed by atoms with van der Waals surface area (Å²) in [4.78, 5) is 10.6. The first-order chi connectivity index (χ1) is 7.99. The second kappa shape index (κ2) is 4.25. The molecule has 0 spiro atoms. The molecule has 88 valence electrons. The number of hydrogen-bond acceptors (Lipinski definition) is 2. The molecule has 0 aliphatic rings. The van der Waals surface area contributed by atoms with Crippen LogP contribution < -0.4 is 0 Å². The summed E-state index contributed by atoms with van der Waals surface area (Å²) in [5.41, 5.74) is 0.0458. The number of hydrogen-bond donors (Lipinski definition) is 1. The fraction of sp³-hybridized carbons (Fsp3) is 0. The summed E-state index contributed by atoms with van der Waals surface area (Å²) >= 11 is 2.74. The van der Waals surface area contributed by atoms with Crippen LogP contribution in [0.5, 0.6) is 0 Å². The molecule has 0 amide bonds. The molecule has 1 heterocycles.